The Morgan fingerprint density at radius 3 is 2.92 bits per heavy atom. The van der Waals surface area contributed by atoms with Crippen molar-refractivity contribution in [2.75, 3.05) is 13.1 Å². The normalized spacial score (nSPS) is 30.8. The van der Waals surface area contributed by atoms with Crippen LogP contribution in [0.4, 0.5) is 0 Å². The molecule has 1 amide bonds. The second-order valence-corrected chi connectivity index (χ2v) is 8.03. The van der Waals surface area contributed by atoms with Crippen LogP contribution in [0, 0.1) is 17.8 Å². The highest BCUT2D eigenvalue weighted by atomic mass is 32.2. The van der Waals surface area contributed by atoms with Crippen molar-refractivity contribution in [3.8, 4) is 0 Å². The number of hydrogen-bond donors (Lipinski definition) is 2. The Morgan fingerprint density at radius 1 is 1.42 bits per heavy atom. The molecule has 1 aliphatic carbocycles. The number of carbonyl (C=O) groups is 1. The van der Waals surface area contributed by atoms with Crippen LogP contribution in [0.1, 0.15) is 47.0 Å². The van der Waals surface area contributed by atoms with Gasteiger partial charge in [0.25, 0.3) is 5.91 Å². The van der Waals surface area contributed by atoms with Crippen molar-refractivity contribution in [3.63, 3.8) is 0 Å². The first-order valence-electron chi connectivity index (χ1n) is 9.10. The van der Waals surface area contributed by atoms with Gasteiger partial charge in [-0.05, 0) is 62.8 Å². The molecule has 2 fully saturated rings. The Hall–Kier alpha value is -1.07. The summed E-state index contributed by atoms with van der Waals surface area (Å²) in [4.78, 5) is 16.9. The molecule has 4 nitrogen and oxygen atoms in total. The summed E-state index contributed by atoms with van der Waals surface area (Å²) in [5.74, 6) is 2.26. The lowest BCUT2D eigenvalue weighted by molar-refractivity contribution is -0.117. The number of thioether (sulfide) groups is 1. The Bertz CT molecular complexity index is 527. The Morgan fingerprint density at radius 2 is 2.21 bits per heavy atom. The van der Waals surface area contributed by atoms with E-state index in [-0.39, 0.29) is 5.91 Å². The molecule has 1 saturated carbocycles. The summed E-state index contributed by atoms with van der Waals surface area (Å²) in [6, 6.07) is 0.411. The maximum absolute atomic E-state index is 12.4. The summed E-state index contributed by atoms with van der Waals surface area (Å²) >= 11 is 1.55. The van der Waals surface area contributed by atoms with Crippen molar-refractivity contribution in [2.45, 2.75) is 53.0 Å². The lowest BCUT2D eigenvalue weighted by atomic mass is 9.94. The molecule has 0 aromatic rings. The second-order valence-electron chi connectivity index (χ2n) is 6.93. The van der Waals surface area contributed by atoms with Gasteiger partial charge in [-0.2, -0.15) is 0 Å². The van der Waals surface area contributed by atoms with Crippen LogP contribution < -0.4 is 10.6 Å². The smallest absolute Gasteiger partial charge is 0.269 e. The molecule has 0 radical (unpaired) electrons. The lowest BCUT2D eigenvalue weighted by Crippen LogP contribution is -2.40. The molecule has 1 aliphatic heterocycles. The van der Waals surface area contributed by atoms with Gasteiger partial charge in [-0.3, -0.25) is 4.79 Å². The first kappa shape index (κ1) is 19.3. The molecule has 2 rings (SSSR count). The quantitative estimate of drug-likeness (QED) is 0.436. The van der Waals surface area contributed by atoms with Crippen LogP contribution in [0.3, 0.4) is 0 Å². The van der Waals surface area contributed by atoms with Gasteiger partial charge in [0.05, 0.1) is 5.04 Å². The zero-order chi connectivity index (χ0) is 17.5. The molecule has 4 atom stereocenters. The summed E-state index contributed by atoms with van der Waals surface area (Å²) < 4.78 is 0. The topological polar surface area (TPSA) is 53.5 Å². The molecule has 5 heteroatoms. The molecular weight excluding hydrogens is 318 g/mol. The van der Waals surface area contributed by atoms with Crippen molar-refractivity contribution in [1.29, 1.82) is 0 Å². The Kier molecular flexibility index (Phi) is 7.56. The summed E-state index contributed by atoms with van der Waals surface area (Å²) in [5, 5.41) is 9.56. The van der Waals surface area contributed by atoms with Gasteiger partial charge < -0.3 is 10.6 Å². The van der Waals surface area contributed by atoms with E-state index in [1.807, 2.05) is 19.3 Å². The maximum Gasteiger partial charge on any atom is 0.269 e. The van der Waals surface area contributed by atoms with Crippen LogP contribution in [0.5, 0.6) is 0 Å². The minimum Gasteiger partial charge on any atom is -0.349 e. The van der Waals surface area contributed by atoms with E-state index in [4.69, 9.17) is 0 Å². The number of allylic oxidation sites excluding steroid dienone is 2. The lowest BCUT2D eigenvalue weighted by Gasteiger charge is -2.19. The fourth-order valence-corrected chi connectivity index (χ4v) is 4.47. The molecule has 134 valence electrons. The van der Waals surface area contributed by atoms with Gasteiger partial charge in [0, 0.05) is 12.6 Å². The van der Waals surface area contributed by atoms with E-state index in [9.17, 15) is 4.79 Å². The van der Waals surface area contributed by atoms with Gasteiger partial charge in [-0.1, -0.05) is 37.8 Å². The van der Waals surface area contributed by atoms with Crippen LogP contribution in [0.2, 0.25) is 0 Å². The molecule has 2 aliphatic rings. The summed E-state index contributed by atoms with van der Waals surface area (Å²) in [6.07, 6.45) is 7.49. The molecule has 1 saturated heterocycles. The Balaban J connectivity index is 1.84. The first-order valence-corrected chi connectivity index (χ1v) is 9.97. The van der Waals surface area contributed by atoms with Gasteiger partial charge in [-0.25, -0.2) is 4.99 Å². The molecule has 24 heavy (non-hydrogen) atoms. The molecule has 0 spiro atoms. The molecule has 1 heterocycles. The standard InChI is InChI=1S/C19H31N3OS/c1-5-7-8-24-14(4)22-17(6-2)19(23)21-12-18-16-10-13(3)9-15(16)11-20-18/h6-8,13,15-16,18,20H,5,9-12H2,1-4H3,(H,21,23)/b8-7-,17-6-,22-14+/t13?,15-,16-,18+/m0/s1. The highest BCUT2D eigenvalue weighted by Gasteiger charge is 2.41. The van der Waals surface area contributed by atoms with Crippen LogP contribution in [0.15, 0.2) is 28.2 Å². The number of amides is 1. The summed E-state index contributed by atoms with van der Waals surface area (Å²) in [6.45, 7) is 10.0. The fraction of sp³-hybridized carbons (Fsp3) is 0.684. The molecule has 0 aromatic carbocycles. The van der Waals surface area contributed by atoms with Crippen LogP contribution in [0.25, 0.3) is 0 Å². The minimum atomic E-state index is -0.0757. The number of nitrogens with one attached hydrogen (secondary N) is 2. The third-order valence-electron chi connectivity index (χ3n) is 4.98. The van der Waals surface area contributed by atoms with Crippen molar-refractivity contribution in [1.82, 2.24) is 10.6 Å². The van der Waals surface area contributed by atoms with E-state index < -0.39 is 0 Å². The zero-order valence-electron chi connectivity index (χ0n) is 15.3. The van der Waals surface area contributed by atoms with Crippen LogP contribution in [-0.2, 0) is 4.79 Å². The van der Waals surface area contributed by atoms with Gasteiger partial charge in [-0.15, -0.1) is 0 Å². The first-order chi connectivity index (χ1) is 11.5. The van der Waals surface area contributed by atoms with E-state index in [1.54, 1.807) is 17.8 Å². The highest BCUT2D eigenvalue weighted by molar-refractivity contribution is 8.16. The van der Waals surface area contributed by atoms with Gasteiger partial charge in [0.2, 0.25) is 0 Å². The summed E-state index contributed by atoms with van der Waals surface area (Å²) in [7, 11) is 0. The van der Waals surface area contributed by atoms with Gasteiger partial charge >= 0.3 is 0 Å². The highest BCUT2D eigenvalue weighted by Crippen LogP contribution is 2.40. The van der Waals surface area contributed by atoms with Crippen LogP contribution >= 0.6 is 11.8 Å². The van der Waals surface area contributed by atoms with Gasteiger partial charge in [0.15, 0.2) is 0 Å². The number of fused-ring (bicyclic) bond motifs is 1. The third kappa shape index (κ3) is 5.21. The van der Waals surface area contributed by atoms with Crippen LogP contribution in [-0.4, -0.2) is 30.1 Å². The molecule has 0 aromatic heterocycles. The fourth-order valence-electron chi connectivity index (χ4n) is 3.83. The number of carbonyl (C=O) groups excluding carboxylic acids is 1. The molecule has 2 N–H and O–H groups in total. The Labute approximate surface area is 150 Å². The average molecular weight is 350 g/mol. The van der Waals surface area contributed by atoms with E-state index in [2.05, 4.69) is 35.5 Å². The van der Waals surface area contributed by atoms with Crippen molar-refractivity contribution in [2.24, 2.45) is 22.7 Å². The minimum absolute atomic E-state index is 0.0757. The maximum atomic E-state index is 12.4. The zero-order valence-corrected chi connectivity index (χ0v) is 16.2. The van der Waals surface area contributed by atoms with Gasteiger partial charge in [0.1, 0.15) is 5.70 Å². The van der Waals surface area contributed by atoms with E-state index >= 15 is 0 Å². The number of rotatable bonds is 6. The number of nitrogens with zero attached hydrogens (tertiary/aromatic N) is 1. The molecular formula is C19H31N3OS. The van der Waals surface area contributed by atoms with Crippen molar-refractivity contribution >= 4 is 22.7 Å². The average Bonchev–Trinajstić information content (AvgIpc) is 3.09. The SMILES string of the molecule is C/C=C(\N=C(/C)S/C=C\CC)C(=O)NC[C@H]1NC[C@@H]2CC(C)C[C@@H]21. The third-order valence-corrected chi connectivity index (χ3v) is 5.74. The van der Waals surface area contributed by atoms with E-state index in [0.717, 1.165) is 29.8 Å². The van der Waals surface area contributed by atoms with E-state index in [0.29, 0.717) is 24.2 Å². The molecule has 0 bridgehead atoms. The number of hydrogen-bond acceptors (Lipinski definition) is 4. The predicted molar refractivity (Wildman–Crippen MR) is 104 cm³/mol. The monoisotopic (exact) mass is 349 g/mol. The molecule has 1 unspecified atom stereocenters. The summed E-state index contributed by atoms with van der Waals surface area (Å²) in [5.41, 5.74) is 0.499. The van der Waals surface area contributed by atoms with Crippen molar-refractivity contribution in [3.05, 3.63) is 23.3 Å². The van der Waals surface area contributed by atoms with Crippen molar-refractivity contribution < 1.29 is 4.79 Å². The van der Waals surface area contributed by atoms with E-state index in [1.165, 1.54) is 12.8 Å². The predicted octanol–water partition coefficient (Wildman–Crippen LogP) is 3.72. The largest absolute Gasteiger partial charge is 0.349 e. The second kappa shape index (κ2) is 9.42. The number of aliphatic imine (C=N–C) groups is 1.